The number of carbonyl (C=O) groups excluding carboxylic acids is 2. The number of hydrogen-bond donors (Lipinski definition) is 1. The Kier molecular flexibility index (Phi) is 51.4. The molecule has 1 N–H and O–H groups in total. The summed E-state index contributed by atoms with van der Waals surface area (Å²) < 4.78 is 30.3. The summed E-state index contributed by atoms with van der Waals surface area (Å²) in [6.07, 6.45) is 62.5. The van der Waals surface area contributed by atoms with Crippen LogP contribution in [-0.2, 0) is 27.9 Å². The number of rotatable bonds is 56. The molecular formula is C62H119N2O7P. The second-order valence-electron chi connectivity index (χ2n) is 22.2. The van der Waals surface area contributed by atoms with Gasteiger partial charge < -0.3 is 28.5 Å². The lowest BCUT2D eigenvalue weighted by atomic mass is 10.0. The molecule has 0 fully saturated rings. The summed E-state index contributed by atoms with van der Waals surface area (Å²) in [7, 11) is 1.18. The van der Waals surface area contributed by atoms with E-state index in [2.05, 4.69) is 50.4 Å². The van der Waals surface area contributed by atoms with Crippen molar-refractivity contribution in [2.75, 3.05) is 40.9 Å². The van der Waals surface area contributed by atoms with E-state index in [1.54, 1.807) is 0 Å². The van der Waals surface area contributed by atoms with Gasteiger partial charge in [0.25, 0.3) is 7.82 Å². The second-order valence-corrected chi connectivity index (χ2v) is 23.7. The average molecular weight is 1040 g/mol. The third kappa shape index (κ3) is 53.1. The standard InChI is InChI=1S/C62H119N2O7P/c1-7-10-13-16-19-22-25-28-30-32-34-37-40-43-46-49-52-55-62(66)71-60(53-50-47-44-41-38-35-27-24-21-18-15-12-9-3)59(58-70-72(67,68)69-57-56-64(4,5)6)63-61(65)54-51-48-45-42-39-36-33-31-29-26-23-20-17-14-11-8-2/h31,33,36,39,50,53,59-60H,7-30,32,34-35,37-38,40-49,51-52,54-58H2,1-6H3,(H-,63,65,67,68)/b33-31+,39-36+,53-50+. The number of phosphoric ester groups is 1. The summed E-state index contributed by atoms with van der Waals surface area (Å²) >= 11 is 0. The molecule has 0 aliphatic carbocycles. The van der Waals surface area contributed by atoms with Gasteiger partial charge in [0.1, 0.15) is 19.3 Å². The van der Waals surface area contributed by atoms with Crippen molar-refractivity contribution in [2.24, 2.45) is 0 Å². The third-order valence-electron chi connectivity index (χ3n) is 13.9. The zero-order chi connectivity index (χ0) is 52.9. The lowest BCUT2D eigenvalue weighted by Crippen LogP contribution is -2.47. The Hall–Kier alpha value is -1.77. The van der Waals surface area contributed by atoms with Crippen molar-refractivity contribution < 1.29 is 37.3 Å². The number of ether oxygens (including phenoxy) is 1. The van der Waals surface area contributed by atoms with Gasteiger partial charge in [0, 0.05) is 12.8 Å². The van der Waals surface area contributed by atoms with Crippen molar-refractivity contribution in [3.05, 3.63) is 36.5 Å². The molecule has 0 aliphatic heterocycles. The number of quaternary nitrogens is 1. The summed E-state index contributed by atoms with van der Waals surface area (Å²) in [4.78, 5) is 39.9. The van der Waals surface area contributed by atoms with Gasteiger partial charge in [-0.15, -0.1) is 0 Å². The van der Waals surface area contributed by atoms with Gasteiger partial charge in [-0.3, -0.25) is 14.2 Å². The highest BCUT2D eigenvalue weighted by atomic mass is 31.2. The Labute approximate surface area is 446 Å². The molecule has 424 valence electrons. The van der Waals surface area contributed by atoms with Gasteiger partial charge in [0.2, 0.25) is 5.91 Å². The maximum Gasteiger partial charge on any atom is 0.306 e. The molecule has 72 heavy (non-hydrogen) atoms. The number of nitrogens with one attached hydrogen (secondary N) is 1. The molecule has 0 spiro atoms. The van der Waals surface area contributed by atoms with Crippen molar-refractivity contribution >= 4 is 19.7 Å². The van der Waals surface area contributed by atoms with Gasteiger partial charge in [-0.2, -0.15) is 0 Å². The van der Waals surface area contributed by atoms with Gasteiger partial charge in [-0.1, -0.05) is 263 Å². The lowest BCUT2D eigenvalue weighted by Gasteiger charge is -2.30. The molecule has 9 nitrogen and oxygen atoms in total. The van der Waals surface area contributed by atoms with Crippen molar-refractivity contribution in [3.8, 4) is 0 Å². The van der Waals surface area contributed by atoms with Crippen molar-refractivity contribution in [1.29, 1.82) is 0 Å². The third-order valence-corrected chi connectivity index (χ3v) is 14.8. The minimum absolute atomic E-state index is 0.0251. The molecule has 0 heterocycles. The number of hydrogen-bond acceptors (Lipinski definition) is 7. The Morgan fingerprint density at radius 3 is 1.24 bits per heavy atom. The molecule has 0 radical (unpaired) electrons. The van der Waals surface area contributed by atoms with E-state index in [4.69, 9.17) is 13.8 Å². The fraction of sp³-hybridized carbons (Fsp3) is 0.871. The summed E-state index contributed by atoms with van der Waals surface area (Å²) in [5.41, 5.74) is 0. The number of carbonyl (C=O) groups is 2. The van der Waals surface area contributed by atoms with E-state index in [1.807, 2.05) is 33.3 Å². The van der Waals surface area contributed by atoms with Gasteiger partial charge in [0.05, 0.1) is 33.8 Å². The fourth-order valence-electron chi connectivity index (χ4n) is 9.04. The van der Waals surface area contributed by atoms with Crippen LogP contribution in [-0.4, -0.2) is 69.4 Å². The molecular weight excluding hydrogens is 916 g/mol. The SMILES string of the molecule is CCCCCCCCC/C=C/C=C/CCCCCC(=O)NC(COP(=O)([O-])OCC[N+](C)(C)C)C(/C=C/CCCCCCCCCCCCC)OC(=O)CCCCCCCCCCCCCCCCCCC. The summed E-state index contributed by atoms with van der Waals surface area (Å²) in [5, 5.41) is 3.02. The van der Waals surface area contributed by atoms with E-state index in [9.17, 15) is 19.0 Å². The quantitative estimate of drug-likeness (QED) is 0.0161. The van der Waals surface area contributed by atoms with Crippen LogP contribution in [0.5, 0.6) is 0 Å². The molecule has 0 bridgehead atoms. The van der Waals surface area contributed by atoms with E-state index < -0.39 is 26.6 Å². The smallest absolute Gasteiger partial charge is 0.306 e. The number of phosphoric acid groups is 1. The fourth-order valence-corrected chi connectivity index (χ4v) is 9.77. The first-order valence-electron chi connectivity index (χ1n) is 30.8. The maximum absolute atomic E-state index is 13.5. The first-order chi connectivity index (χ1) is 34.9. The number of nitrogens with zero attached hydrogens (tertiary/aromatic N) is 1. The van der Waals surface area contributed by atoms with Crippen molar-refractivity contribution in [3.63, 3.8) is 0 Å². The minimum Gasteiger partial charge on any atom is -0.756 e. The van der Waals surface area contributed by atoms with Crippen LogP contribution in [0.15, 0.2) is 36.5 Å². The Morgan fingerprint density at radius 2 is 0.833 bits per heavy atom. The normalized spacial score (nSPS) is 13.9. The molecule has 10 heteroatoms. The molecule has 0 aromatic rings. The van der Waals surface area contributed by atoms with Crippen LogP contribution in [0.3, 0.4) is 0 Å². The predicted octanol–water partition coefficient (Wildman–Crippen LogP) is 18.1. The van der Waals surface area contributed by atoms with E-state index in [-0.39, 0.29) is 31.3 Å². The van der Waals surface area contributed by atoms with Crippen LogP contribution in [0.1, 0.15) is 297 Å². The zero-order valence-corrected chi connectivity index (χ0v) is 49.3. The highest BCUT2D eigenvalue weighted by Crippen LogP contribution is 2.38. The summed E-state index contributed by atoms with van der Waals surface area (Å²) in [6, 6.07) is -0.898. The largest absolute Gasteiger partial charge is 0.756 e. The number of esters is 1. The average Bonchev–Trinajstić information content (AvgIpc) is 3.34. The van der Waals surface area contributed by atoms with Gasteiger partial charge >= 0.3 is 5.97 Å². The Morgan fingerprint density at radius 1 is 0.486 bits per heavy atom. The molecule has 0 aromatic carbocycles. The molecule has 0 saturated heterocycles. The van der Waals surface area contributed by atoms with E-state index >= 15 is 0 Å². The van der Waals surface area contributed by atoms with E-state index in [1.165, 1.54) is 193 Å². The molecule has 0 aromatic heterocycles. The van der Waals surface area contributed by atoms with Crippen molar-refractivity contribution in [2.45, 2.75) is 309 Å². The van der Waals surface area contributed by atoms with Crippen molar-refractivity contribution in [1.82, 2.24) is 5.32 Å². The number of unbranched alkanes of at least 4 members (excludes halogenated alkanes) is 37. The summed E-state index contributed by atoms with van der Waals surface area (Å²) in [6.45, 7) is 6.85. The lowest BCUT2D eigenvalue weighted by molar-refractivity contribution is -0.870. The predicted molar refractivity (Wildman–Crippen MR) is 307 cm³/mol. The number of allylic oxidation sites excluding steroid dienone is 5. The Bertz CT molecular complexity index is 1330. The molecule has 0 rings (SSSR count). The number of likely N-dealkylation sites (N-methyl/N-ethyl adjacent to an activating group) is 1. The highest BCUT2D eigenvalue weighted by molar-refractivity contribution is 7.45. The zero-order valence-electron chi connectivity index (χ0n) is 48.4. The minimum atomic E-state index is -4.70. The summed E-state index contributed by atoms with van der Waals surface area (Å²) in [5.74, 6) is -0.558. The first kappa shape index (κ1) is 70.2. The molecule has 3 atom stereocenters. The monoisotopic (exact) mass is 1030 g/mol. The maximum atomic E-state index is 13.5. The van der Waals surface area contributed by atoms with E-state index in [0.29, 0.717) is 17.4 Å². The first-order valence-corrected chi connectivity index (χ1v) is 32.3. The molecule has 0 saturated carbocycles. The molecule has 3 unspecified atom stereocenters. The van der Waals surface area contributed by atoms with E-state index in [0.717, 1.165) is 64.2 Å². The molecule has 1 amide bonds. The topological polar surface area (TPSA) is 114 Å². The van der Waals surface area contributed by atoms with Gasteiger partial charge in [-0.05, 0) is 57.4 Å². The van der Waals surface area contributed by atoms with Crippen LogP contribution >= 0.6 is 7.82 Å². The van der Waals surface area contributed by atoms with Gasteiger partial charge in [-0.25, -0.2) is 0 Å². The van der Waals surface area contributed by atoms with Crippen LogP contribution in [0.2, 0.25) is 0 Å². The van der Waals surface area contributed by atoms with Crippen LogP contribution in [0.4, 0.5) is 0 Å². The van der Waals surface area contributed by atoms with Crippen LogP contribution in [0, 0.1) is 0 Å². The second kappa shape index (κ2) is 52.7. The van der Waals surface area contributed by atoms with Gasteiger partial charge in [0.15, 0.2) is 0 Å². The van der Waals surface area contributed by atoms with Crippen LogP contribution in [0.25, 0.3) is 0 Å². The molecule has 0 aliphatic rings. The highest BCUT2D eigenvalue weighted by Gasteiger charge is 2.27. The van der Waals surface area contributed by atoms with Crippen LogP contribution < -0.4 is 10.2 Å². The Balaban J connectivity index is 5.33. The number of amides is 1.